The van der Waals surface area contributed by atoms with Gasteiger partial charge in [-0.15, -0.1) is 0 Å². The maximum absolute atomic E-state index is 12.0. The fourth-order valence-electron chi connectivity index (χ4n) is 3.39. The minimum atomic E-state index is 0.0807. The van der Waals surface area contributed by atoms with E-state index in [4.69, 9.17) is 16.1 Å². The second kappa shape index (κ2) is 9.85. The summed E-state index contributed by atoms with van der Waals surface area (Å²) in [5.74, 6) is 1.17. The first-order chi connectivity index (χ1) is 13.1. The van der Waals surface area contributed by atoms with Gasteiger partial charge >= 0.3 is 0 Å². The number of benzene rings is 1. The molecule has 1 aliphatic rings. The molecule has 6 nitrogen and oxygen atoms in total. The average molecular weight is 391 g/mol. The van der Waals surface area contributed by atoms with Gasteiger partial charge in [0.2, 0.25) is 17.6 Å². The van der Waals surface area contributed by atoms with Gasteiger partial charge in [-0.1, -0.05) is 23.2 Å². The van der Waals surface area contributed by atoms with Crippen molar-refractivity contribution in [2.45, 2.75) is 51.5 Å². The van der Waals surface area contributed by atoms with Crippen molar-refractivity contribution < 1.29 is 9.32 Å². The lowest BCUT2D eigenvalue weighted by Gasteiger charge is -2.33. The van der Waals surface area contributed by atoms with Gasteiger partial charge in [0.25, 0.3) is 0 Å². The van der Waals surface area contributed by atoms with E-state index in [1.807, 2.05) is 12.1 Å². The Morgan fingerprint density at radius 3 is 2.93 bits per heavy atom. The van der Waals surface area contributed by atoms with Crippen LogP contribution < -0.4 is 5.32 Å². The van der Waals surface area contributed by atoms with Crippen molar-refractivity contribution >= 4 is 17.5 Å². The summed E-state index contributed by atoms with van der Waals surface area (Å²) in [5.41, 5.74) is 0.860. The zero-order chi connectivity index (χ0) is 19.1. The number of hydrogen-bond donors (Lipinski definition) is 1. The van der Waals surface area contributed by atoms with Crippen molar-refractivity contribution in [1.29, 1.82) is 0 Å². The van der Waals surface area contributed by atoms with E-state index in [1.165, 1.54) is 19.3 Å². The maximum Gasteiger partial charge on any atom is 0.226 e. The highest BCUT2D eigenvalue weighted by atomic mass is 35.5. The van der Waals surface area contributed by atoms with Crippen molar-refractivity contribution in [2.75, 3.05) is 19.6 Å². The molecule has 1 atom stereocenters. The Balaban J connectivity index is 1.34. The Labute approximate surface area is 165 Å². The van der Waals surface area contributed by atoms with Gasteiger partial charge in [0, 0.05) is 42.6 Å². The van der Waals surface area contributed by atoms with Gasteiger partial charge in [0.1, 0.15) is 0 Å². The molecule has 2 heterocycles. The van der Waals surface area contributed by atoms with Crippen molar-refractivity contribution in [2.24, 2.45) is 0 Å². The Hall–Kier alpha value is -1.92. The number of halogens is 1. The van der Waals surface area contributed by atoms with Crippen LogP contribution in [0.15, 0.2) is 28.8 Å². The molecule has 1 aromatic heterocycles. The van der Waals surface area contributed by atoms with E-state index in [-0.39, 0.29) is 5.91 Å². The molecule has 0 aliphatic carbocycles. The number of aromatic nitrogens is 2. The van der Waals surface area contributed by atoms with E-state index in [2.05, 4.69) is 27.3 Å². The summed E-state index contributed by atoms with van der Waals surface area (Å²) < 4.78 is 5.27. The Morgan fingerprint density at radius 2 is 2.15 bits per heavy atom. The number of hydrogen-bond acceptors (Lipinski definition) is 5. The second-order valence-electron chi connectivity index (χ2n) is 7.10. The van der Waals surface area contributed by atoms with E-state index in [9.17, 15) is 4.79 Å². The first-order valence-corrected chi connectivity index (χ1v) is 10.1. The third-order valence-electron chi connectivity index (χ3n) is 5.03. The van der Waals surface area contributed by atoms with Crippen LogP contribution in [0, 0.1) is 0 Å². The number of carbonyl (C=O) groups is 1. The molecule has 3 rings (SSSR count). The minimum Gasteiger partial charge on any atom is -0.355 e. The number of aryl methyl sites for hydroxylation is 1. The summed E-state index contributed by atoms with van der Waals surface area (Å²) in [7, 11) is 0. The number of nitrogens with one attached hydrogen (secondary N) is 1. The molecule has 0 radical (unpaired) electrons. The number of amides is 1. The summed E-state index contributed by atoms with van der Waals surface area (Å²) in [6, 6.07) is 7.92. The van der Waals surface area contributed by atoms with Crippen LogP contribution in [0.3, 0.4) is 0 Å². The standard InChI is InChI=1S/C20H27ClN4O2/c1-15-5-2-3-13-25(15)14-12-22-18(26)6-4-7-19-23-20(24-27-19)16-8-10-17(21)11-9-16/h8-11,15H,2-7,12-14H2,1H3,(H,22,26). The van der Waals surface area contributed by atoms with Gasteiger partial charge in [-0.25, -0.2) is 0 Å². The lowest BCUT2D eigenvalue weighted by atomic mass is 10.0. The van der Waals surface area contributed by atoms with E-state index in [1.54, 1.807) is 12.1 Å². The van der Waals surface area contributed by atoms with Crippen LogP contribution in [-0.2, 0) is 11.2 Å². The van der Waals surface area contributed by atoms with Crippen molar-refractivity contribution in [3.05, 3.63) is 35.2 Å². The molecule has 0 bridgehead atoms. The largest absolute Gasteiger partial charge is 0.355 e. The molecule has 7 heteroatoms. The van der Waals surface area contributed by atoms with Crippen LogP contribution in [0.1, 0.15) is 44.9 Å². The first-order valence-electron chi connectivity index (χ1n) is 9.71. The van der Waals surface area contributed by atoms with Gasteiger partial charge in [-0.2, -0.15) is 4.98 Å². The first kappa shape index (κ1) is 19.8. The summed E-state index contributed by atoms with van der Waals surface area (Å²) >= 11 is 5.89. The molecule has 146 valence electrons. The van der Waals surface area contributed by atoms with E-state index in [0.717, 1.165) is 18.7 Å². The highest BCUT2D eigenvalue weighted by Gasteiger charge is 2.17. The van der Waals surface area contributed by atoms with Gasteiger partial charge in [-0.05, 0) is 57.0 Å². The van der Waals surface area contributed by atoms with E-state index < -0.39 is 0 Å². The number of nitrogens with zero attached hydrogens (tertiary/aromatic N) is 3. The SMILES string of the molecule is CC1CCCCN1CCNC(=O)CCCc1nc(-c2ccc(Cl)cc2)no1. The summed E-state index contributed by atoms with van der Waals surface area (Å²) in [4.78, 5) is 18.8. The molecule has 0 spiro atoms. The highest BCUT2D eigenvalue weighted by Crippen LogP contribution is 2.19. The lowest BCUT2D eigenvalue weighted by Crippen LogP contribution is -2.42. The Morgan fingerprint density at radius 1 is 1.33 bits per heavy atom. The van der Waals surface area contributed by atoms with Gasteiger partial charge in [0.05, 0.1) is 0 Å². The monoisotopic (exact) mass is 390 g/mol. The zero-order valence-corrected chi connectivity index (χ0v) is 16.5. The van der Waals surface area contributed by atoms with Crippen LogP contribution in [0.2, 0.25) is 5.02 Å². The van der Waals surface area contributed by atoms with Crippen LogP contribution in [0.4, 0.5) is 0 Å². The third kappa shape index (κ3) is 6.04. The summed E-state index contributed by atoms with van der Waals surface area (Å²) in [6.07, 6.45) is 5.59. The predicted molar refractivity (Wildman–Crippen MR) is 106 cm³/mol. The minimum absolute atomic E-state index is 0.0807. The molecule has 0 saturated carbocycles. The Kier molecular flexibility index (Phi) is 7.24. The Bertz CT molecular complexity index is 732. The lowest BCUT2D eigenvalue weighted by molar-refractivity contribution is -0.121. The summed E-state index contributed by atoms with van der Waals surface area (Å²) in [6.45, 7) is 5.05. The average Bonchev–Trinajstić information content (AvgIpc) is 3.13. The van der Waals surface area contributed by atoms with Crippen LogP contribution in [0.5, 0.6) is 0 Å². The van der Waals surface area contributed by atoms with E-state index in [0.29, 0.717) is 48.6 Å². The zero-order valence-electron chi connectivity index (χ0n) is 15.8. The topological polar surface area (TPSA) is 71.3 Å². The van der Waals surface area contributed by atoms with Gasteiger partial charge in [0.15, 0.2) is 0 Å². The van der Waals surface area contributed by atoms with Crippen molar-refractivity contribution in [3.8, 4) is 11.4 Å². The predicted octanol–water partition coefficient (Wildman–Crippen LogP) is 3.70. The molecule has 1 amide bonds. The maximum atomic E-state index is 12.0. The molecular weight excluding hydrogens is 364 g/mol. The number of rotatable bonds is 8. The van der Waals surface area contributed by atoms with E-state index >= 15 is 0 Å². The fraction of sp³-hybridized carbons (Fsp3) is 0.550. The van der Waals surface area contributed by atoms with Crippen molar-refractivity contribution in [1.82, 2.24) is 20.4 Å². The molecule has 1 unspecified atom stereocenters. The highest BCUT2D eigenvalue weighted by molar-refractivity contribution is 6.30. The number of carbonyl (C=O) groups excluding carboxylic acids is 1. The fourth-order valence-corrected chi connectivity index (χ4v) is 3.52. The van der Waals surface area contributed by atoms with Crippen LogP contribution >= 0.6 is 11.6 Å². The quantitative estimate of drug-likeness (QED) is 0.744. The van der Waals surface area contributed by atoms with Crippen LogP contribution in [0.25, 0.3) is 11.4 Å². The molecule has 1 aliphatic heterocycles. The molecule has 2 aromatic rings. The van der Waals surface area contributed by atoms with Crippen LogP contribution in [-0.4, -0.2) is 46.6 Å². The molecular formula is C20H27ClN4O2. The molecule has 1 saturated heterocycles. The van der Waals surface area contributed by atoms with Crippen molar-refractivity contribution in [3.63, 3.8) is 0 Å². The van der Waals surface area contributed by atoms with Gasteiger partial charge in [-0.3, -0.25) is 9.69 Å². The molecule has 27 heavy (non-hydrogen) atoms. The normalized spacial score (nSPS) is 17.8. The third-order valence-corrected chi connectivity index (χ3v) is 5.28. The smallest absolute Gasteiger partial charge is 0.226 e. The number of likely N-dealkylation sites (tertiary alicyclic amines) is 1. The second-order valence-corrected chi connectivity index (χ2v) is 7.54. The molecule has 1 N–H and O–H groups in total. The van der Waals surface area contributed by atoms with Gasteiger partial charge < -0.3 is 9.84 Å². The number of piperidine rings is 1. The molecule has 1 aromatic carbocycles. The summed E-state index contributed by atoms with van der Waals surface area (Å²) in [5, 5.41) is 7.67. The molecule has 1 fully saturated rings.